The van der Waals surface area contributed by atoms with Gasteiger partial charge in [-0.15, -0.1) is 0 Å². The molecule has 0 saturated heterocycles. The van der Waals surface area contributed by atoms with E-state index in [9.17, 15) is 19.2 Å². The Morgan fingerprint density at radius 1 is 0.824 bits per heavy atom. The minimum absolute atomic E-state index is 0.0638. The summed E-state index contributed by atoms with van der Waals surface area (Å²) in [5, 5.41) is 12.3. The number of hydrogen-bond donors (Lipinski definition) is 4. The van der Waals surface area contributed by atoms with Gasteiger partial charge in [0.15, 0.2) is 0 Å². The van der Waals surface area contributed by atoms with Crippen LogP contribution in [0.5, 0.6) is 11.5 Å². The SMILES string of the molecule is COC(=O)[C@@H]1CCCCc2cc3ccccc3c(c2OC)-c2c(OC)c(cc3ccccc23)CC(NC(C)=O)C(=O)N[C@H](CCCCN)C(=O)N1. The van der Waals surface area contributed by atoms with Gasteiger partial charge in [-0.25, -0.2) is 4.79 Å². The van der Waals surface area contributed by atoms with Crippen LogP contribution in [-0.2, 0) is 36.8 Å². The summed E-state index contributed by atoms with van der Waals surface area (Å²) < 4.78 is 17.5. The fourth-order valence-electron chi connectivity index (χ4n) is 7.11. The second kappa shape index (κ2) is 17.2. The molecule has 4 aromatic carbocycles. The molecule has 51 heavy (non-hydrogen) atoms. The lowest BCUT2D eigenvalue weighted by Gasteiger charge is -2.26. The zero-order valence-corrected chi connectivity index (χ0v) is 29.8. The lowest BCUT2D eigenvalue weighted by atomic mass is 9.86. The van der Waals surface area contributed by atoms with E-state index in [2.05, 4.69) is 34.1 Å². The molecule has 0 spiro atoms. The fourth-order valence-corrected chi connectivity index (χ4v) is 7.11. The van der Waals surface area contributed by atoms with Crippen molar-refractivity contribution in [3.63, 3.8) is 0 Å². The molecule has 3 amide bonds. The van der Waals surface area contributed by atoms with Crippen molar-refractivity contribution in [1.82, 2.24) is 16.0 Å². The van der Waals surface area contributed by atoms with Crippen LogP contribution in [0.15, 0.2) is 60.7 Å². The van der Waals surface area contributed by atoms with Crippen molar-refractivity contribution in [1.29, 1.82) is 0 Å². The highest BCUT2D eigenvalue weighted by molar-refractivity contribution is 6.11. The van der Waals surface area contributed by atoms with Gasteiger partial charge >= 0.3 is 5.97 Å². The van der Waals surface area contributed by atoms with Gasteiger partial charge in [-0.2, -0.15) is 0 Å². The van der Waals surface area contributed by atoms with Gasteiger partial charge in [0.05, 0.1) is 21.3 Å². The largest absolute Gasteiger partial charge is 0.496 e. The van der Waals surface area contributed by atoms with Gasteiger partial charge in [-0.1, -0.05) is 55.0 Å². The van der Waals surface area contributed by atoms with E-state index in [1.807, 2.05) is 42.5 Å². The van der Waals surface area contributed by atoms with E-state index >= 15 is 0 Å². The predicted molar refractivity (Wildman–Crippen MR) is 198 cm³/mol. The molecule has 1 aliphatic rings. The highest BCUT2D eigenvalue weighted by Crippen LogP contribution is 2.48. The van der Waals surface area contributed by atoms with Crippen molar-refractivity contribution in [3.05, 3.63) is 71.8 Å². The molecule has 1 unspecified atom stereocenters. The number of unbranched alkanes of at least 4 members (excludes halogenated alkanes) is 1. The number of carbonyl (C=O) groups excluding carboxylic acids is 4. The fraction of sp³-hybridized carbons (Fsp3) is 0.400. The van der Waals surface area contributed by atoms with Gasteiger partial charge in [0.2, 0.25) is 17.7 Å². The van der Waals surface area contributed by atoms with Crippen LogP contribution >= 0.6 is 0 Å². The molecular formula is C40H48N4O7. The molecule has 4 bridgehead atoms. The van der Waals surface area contributed by atoms with Crippen LogP contribution in [0.3, 0.4) is 0 Å². The molecule has 0 aliphatic carbocycles. The first kappa shape index (κ1) is 37.1. The van der Waals surface area contributed by atoms with E-state index < -0.39 is 41.8 Å². The summed E-state index contributed by atoms with van der Waals surface area (Å²) in [6, 6.07) is 17.3. The summed E-state index contributed by atoms with van der Waals surface area (Å²) in [4.78, 5) is 53.3. The summed E-state index contributed by atoms with van der Waals surface area (Å²) in [6.07, 6.45) is 3.84. The third kappa shape index (κ3) is 8.42. The number of aryl methyl sites for hydroxylation is 1. The summed E-state index contributed by atoms with van der Waals surface area (Å²) in [5.41, 5.74) is 9.08. The number of hydrogen-bond acceptors (Lipinski definition) is 8. The van der Waals surface area contributed by atoms with E-state index in [0.29, 0.717) is 68.6 Å². The average molecular weight is 697 g/mol. The van der Waals surface area contributed by atoms with Crippen LogP contribution < -0.4 is 31.2 Å². The Balaban J connectivity index is 1.75. The topological polar surface area (TPSA) is 158 Å². The van der Waals surface area contributed by atoms with Crippen LogP contribution in [0.4, 0.5) is 0 Å². The molecule has 0 radical (unpaired) electrons. The highest BCUT2D eigenvalue weighted by Gasteiger charge is 2.32. The van der Waals surface area contributed by atoms with Gasteiger partial charge in [0.1, 0.15) is 29.6 Å². The Kier molecular flexibility index (Phi) is 12.5. The van der Waals surface area contributed by atoms with Crippen LogP contribution in [-0.4, -0.2) is 69.7 Å². The zero-order chi connectivity index (χ0) is 36.5. The maximum absolute atomic E-state index is 14.1. The highest BCUT2D eigenvalue weighted by atomic mass is 16.5. The first-order chi connectivity index (χ1) is 24.7. The van der Waals surface area contributed by atoms with E-state index in [4.69, 9.17) is 19.9 Å². The second-order valence-electron chi connectivity index (χ2n) is 13.0. The normalized spacial score (nSPS) is 18.6. The molecule has 1 aliphatic heterocycles. The lowest BCUT2D eigenvalue weighted by molar-refractivity contribution is -0.145. The van der Waals surface area contributed by atoms with E-state index in [-0.39, 0.29) is 6.42 Å². The molecule has 1 heterocycles. The van der Waals surface area contributed by atoms with Crippen molar-refractivity contribution < 1.29 is 33.4 Å². The van der Waals surface area contributed by atoms with E-state index in [0.717, 1.165) is 38.2 Å². The van der Waals surface area contributed by atoms with Crippen molar-refractivity contribution in [2.24, 2.45) is 5.73 Å². The first-order valence-corrected chi connectivity index (χ1v) is 17.5. The standard InChI is InChI=1S/C40H48N4O7/c1-24(45)42-33-23-28-22-26-14-6-9-17-30(26)35(37(28)50-3)34-29-16-8-5-13-25(29)21-27(36(34)49-2)15-7-10-19-32(40(48)51-4)44-38(46)31(43-39(33)47)18-11-12-20-41/h5-6,8-9,13-14,16-17,21-22,31-33H,7,10-12,15,18-20,23,41H2,1-4H3,(H,42,45)(H,43,47)(H,44,46)/t31-,32+,33?/m1/s1. The van der Waals surface area contributed by atoms with Crippen LogP contribution in [0.25, 0.3) is 32.7 Å². The summed E-state index contributed by atoms with van der Waals surface area (Å²) >= 11 is 0. The molecule has 0 aromatic heterocycles. The maximum atomic E-state index is 14.1. The Hall–Kier alpha value is -5.16. The van der Waals surface area contributed by atoms with Gasteiger partial charge in [0, 0.05) is 24.5 Å². The zero-order valence-electron chi connectivity index (χ0n) is 29.8. The van der Waals surface area contributed by atoms with Crippen molar-refractivity contribution in [2.75, 3.05) is 27.9 Å². The third-order valence-electron chi connectivity index (χ3n) is 9.50. The first-order valence-electron chi connectivity index (χ1n) is 17.5. The lowest BCUT2D eigenvalue weighted by Crippen LogP contribution is -2.56. The van der Waals surface area contributed by atoms with Gasteiger partial charge in [0.25, 0.3) is 0 Å². The Labute approximate surface area is 298 Å². The Morgan fingerprint density at radius 3 is 2.02 bits per heavy atom. The quantitative estimate of drug-likeness (QED) is 0.152. The number of esters is 1. The van der Waals surface area contributed by atoms with Crippen LogP contribution in [0, 0.1) is 0 Å². The van der Waals surface area contributed by atoms with Crippen molar-refractivity contribution in [3.8, 4) is 22.6 Å². The summed E-state index contributed by atoms with van der Waals surface area (Å²) in [6.45, 7) is 1.77. The minimum Gasteiger partial charge on any atom is -0.496 e. The minimum atomic E-state index is -1.06. The van der Waals surface area contributed by atoms with Crippen LogP contribution in [0.1, 0.15) is 56.6 Å². The molecular weight excluding hydrogens is 648 g/mol. The Bertz CT molecular complexity index is 1910. The molecule has 5 rings (SSSR count). The summed E-state index contributed by atoms with van der Waals surface area (Å²) in [7, 11) is 4.54. The molecule has 4 aromatic rings. The number of benzene rings is 4. The average Bonchev–Trinajstić information content (AvgIpc) is 3.13. The maximum Gasteiger partial charge on any atom is 0.328 e. The van der Waals surface area contributed by atoms with Crippen LogP contribution in [0.2, 0.25) is 0 Å². The third-order valence-corrected chi connectivity index (χ3v) is 9.50. The number of ether oxygens (including phenoxy) is 3. The van der Waals surface area contributed by atoms with Gasteiger partial charge < -0.3 is 35.9 Å². The molecule has 0 fully saturated rings. The number of fused-ring (bicyclic) bond motifs is 9. The molecule has 3 atom stereocenters. The number of methoxy groups -OCH3 is 3. The molecule has 11 nitrogen and oxygen atoms in total. The monoisotopic (exact) mass is 696 g/mol. The van der Waals surface area contributed by atoms with Gasteiger partial charge in [-0.3, -0.25) is 14.4 Å². The van der Waals surface area contributed by atoms with E-state index in [1.54, 1.807) is 14.2 Å². The number of nitrogens with one attached hydrogen (secondary N) is 3. The number of rotatable bonds is 8. The molecule has 0 saturated carbocycles. The summed E-state index contributed by atoms with van der Waals surface area (Å²) in [5.74, 6) is -0.779. The predicted octanol–water partition coefficient (Wildman–Crippen LogP) is 4.72. The smallest absolute Gasteiger partial charge is 0.328 e. The molecule has 270 valence electrons. The van der Waals surface area contributed by atoms with Crippen molar-refractivity contribution >= 4 is 45.2 Å². The molecule has 5 N–H and O–H groups in total. The van der Waals surface area contributed by atoms with E-state index in [1.165, 1.54) is 14.0 Å². The number of nitrogens with two attached hydrogens (primary N) is 1. The molecule has 11 heteroatoms. The van der Waals surface area contributed by atoms with Crippen molar-refractivity contribution in [2.45, 2.75) is 76.4 Å². The Morgan fingerprint density at radius 2 is 1.43 bits per heavy atom. The second-order valence-corrected chi connectivity index (χ2v) is 13.0. The number of amides is 3. The van der Waals surface area contributed by atoms with Gasteiger partial charge in [-0.05, 0) is 89.9 Å². The number of carbonyl (C=O) groups is 4.